The molecular formula is C13H20N6. The first-order valence-corrected chi connectivity index (χ1v) is 6.28. The Morgan fingerprint density at radius 3 is 2.53 bits per heavy atom. The largest absolute Gasteiger partial charge is 0.271 e. The van der Waals surface area contributed by atoms with Crippen LogP contribution in [0.5, 0.6) is 0 Å². The zero-order valence-electron chi connectivity index (χ0n) is 11.5. The molecule has 0 bridgehead atoms. The summed E-state index contributed by atoms with van der Waals surface area (Å²) in [6.07, 6.45) is 0.631. The predicted molar refractivity (Wildman–Crippen MR) is 73.1 cm³/mol. The first-order chi connectivity index (χ1) is 9.04. The molecule has 102 valence electrons. The van der Waals surface area contributed by atoms with E-state index in [4.69, 9.17) is 5.84 Å². The SMILES string of the molecule is Cn1nnc(CC(NN)C(C)(C)c2ccccc2)n1. The maximum Gasteiger partial charge on any atom is 0.176 e. The van der Waals surface area contributed by atoms with Crippen LogP contribution >= 0.6 is 0 Å². The van der Waals surface area contributed by atoms with Gasteiger partial charge in [-0.15, -0.1) is 10.2 Å². The first-order valence-electron chi connectivity index (χ1n) is 6.28. The van der Waals surface area contributed by atoms with E-state index in [2.05, 4.69) is 46.8 Å². The molecule has 1 atom stereocenters. The van der Waals surface area contributed by atoms with Crippen LogP contribution in [0.2, 0.25) is 0 Å². The van der Waals surface area contributed by atoms with Gasteiger partial charge in [0.05, 0.1) is 7.05 Å². The summed E-state index contributed by atoms with van der Waals surface area (Å²) in [6.45, 7) is 4.31. The van der Waals surface area contributed by atoms with Gasteiger partial charge >= 0.3 is 0 Å². The average Bonchev–Trinajstić information content (AvgIpc) is 2.82. The Morgan fingerprint density at radius 2 is 2.00 bits per heavy atom. The van der Waals surface area contributed by atoms with Gasteiger partial charge in [0.2, 0.25) is 0 Å². The molecule has 0 amide bonds. The van der Waals surface area contributed by atoms with Gasteiger partial charge in [-0.3, -0.25) is 11.3 Å². The van der Waals surface area contributed by atoms with Crippen LogP contribution in [0.25, 0.3) is 0 Å². The van der Waals surface area contributed by atoms with Crippen molar-refractivity contribution in [1.29, 1.82) is 0 Å². The Labute approximate surface area is 113 Å². The van der Waals surface area contributed by atoms with E-state index in [9.17, 15) is 0 Å². The van der Waals surface area contributed by atoms with Crippen LogP contribution in [0.4, 0.5) is 0 Å². The highest BCUT2D eigenvalue weighted by atomic mass is 15.6. The monoisotopic (exact) mass is 260 g/mol. The number of hydrogen-bond acceptors (Lipinski definition) is 5. The quantitative estimate of drug-likeness (QED) is 0.606. The minimum atomic E-state index is -0.130. The van der Waals surface area contributed by atoms with E-state index in [1.165, 1.54) is 10.4 Å². The summed E-state index contributed by atoms with van der Waals surface area (Å²) < 4.78 is 0. The number of aromatic nitrogens is 4. The molecule has 1 unspecified atom stereocenters. The highest BCUT2D eigenvalue weighted by Crippen LogP contribution is 2.28. The van der Waals surface area contributed by atoms with Crippen molar-refractivity contribution in [2.24, 2.45) is 12.9 Å². The van der Waals surface area contributed by atoms with Gasteiger partial charge < -0.3 is 0 Å². The van der Waals surface area contributed by atoms with Crippen LogP contribution in [-0.2, 0) is 18.9 Å². The van der Waals surface area contributed by atoms with Crippen molar-refractivity contribution in [3.8, 4) is 0 Å². The van der Waals surface area contributed by atoms with Gasteiger partial charge in [-0.05, 0) is 10.8 Å². The van der Waals surface area contributed by atoms with E-state index in [0.29, 0.717) is 12.2 Å². The lowest BCUT2D eigenvalue weighted by atomic mass is 9.76. The van der Waals surface area contributed by atoms with Crippen molar-refractivity contribution in [2.45, 2.75) is 31.7 Å². The number of tetrazole rings is 1. The second-order valence-electron chi connectivity index (χ2n) is 5.21. The molecule has 0 radical (unpaired) electrons. The van der Waals surface area contributed by atoms with Crippen LogP contribution < -0.4 is 11.3 Å². The topological polar surface area (TPSA) is 81.7 Å². The van der Waals surface area contributed by atoms with E-state index in [0.717, 1.165) is 0 Å². The van der Waals surface area contributed by atoms with Crippen molar-refractivity contribution in [2.75, 3.05) is 0 Å². The van der Waals surface area contributed by atoms with E-state index >= 15 is 0 Å². The third-order valence-corrected chi connectivity index (χ3v) is 3.53. The third-order valence-electron chi connectivity index (χ3n) is 3.53. The number of benzene rings is 1. The summed E-state index contributed by atoms with van der Waals surface area (Å²) in [6, 6.07) is 10.3. The van der Waals surface area contributed by atoms with Crippen molar-refractivity contribution >= 4 is 0 Å². The maximum absolute atomic E-state index is 5.72. The molecule has 0 aliphatic rings. The van der Waals surface area contributed by atoms with E-state index in [-0.39, 0.29) is 11.5 Å². The zero-order valence-corrected chi connectivity index (χ0v) is 11.5. The summed E-state index contributed by atoms with van der Waals surface area (Å²) >= 11 is 0. The number of nitrogens with zero attached hydrogens (tertiary/aromatic N) is 4. The summed E-state index contributed by atoms with van der Waals surface area (Å²) in [5, 5.41) is 12.1. The molecular weight excluding hydrogens is 240 g/mol. The van der Waals surface area contributed by atoms with Crippen molar-refractivity contribution < 1.29 is 0 Å². The molecule has 2 aromatic rings. The Balaban J connectivity index is 2.21. The number of hydrazine groups is 1. The van der Waals surface area contributed by atoms with Gasteiger partial charge in [0.1, 0.15) is 0 Å². The molecule has 0 aliphatic heterocycles. The Hall–Kier alpha value is -1.79. The van der Waals surface area contributed by atoms with Gasteiger partial charge in [0, 0.05) is 17.9 Å². The fourth-order valence-electron chi connectivity index (χ4n) is 2.18. The lowest BCUT2D eigenvalue weighted by molar-refractivity contribution is 0.337. The Morgan fingerprint density at radius 1 is 1.32 bits per heavy atom. The fraction of sp³-hybridized carbons (Fsp3) is 0.462. The standard InChI is InChI=1S/C13H20N6/c1-13(2,10-7-5-4-6-8-10)11(15-14)9-12-16-18-19(3)17-12/h4-8,11,15H,9,14H2,1-3H3. The number of hydrogen-bond donors (Lipinski definition) is 2. The van der Waals surface area contributed by atoms with Gasteiger partial charge in [0.25, 0.3) is 0 Å². The summed E-state index contributed by atoms with van der Waals surface area (Å²) in [4.78, 5) is 1.46. The van der Waals surface area contributed by atoms with Crippen LogP contribution in [0.1, 0.15) is 25.2 Å². The number of aryl methyl sites for hydroxylation is 1. The van der Waals surface area contributed by atoms with E-state index in [1.807, 2.05) is 18.2 Å². The van der Waals surface area contributed by atoms with Crippen molar-refractivity contribution in [3.05, 3.63) is 41.7 Å². The molecule has 2 rings (SSSR count). The Kier molecular flexibility index (Phi) is 3.92. The molecule has 1 heterocycles. The molecule has 19 heavy (non-hydrogen) atoms. The Bertz CT molecular complexity index is 519. The van der Waals surface area contributed by atoms with Crippen LogP contribution in [-0.4, -0.2) is 26.2 Å². The number of nitrogens with one attached hydrogen (secondary N) is 1. The average molecular weight is 260 g/mol. The number of rotatable bonds is 5. The zero-order chi connectivity index (χ0) is 13.9. The molecule has 6 nitrogen and oxygen atoms in total. The third kappa shape index (κ3) is 2.97. The molecule has 0 fully saturated rings. The van der Waals surface area contributed by atoms with Gasteiger partial charge in [0.15, 0.2) is 5.82 Å². The molecule has 3 N–H and O–H groups in total. The fourth-order valence-corrected chi connectivity index (χ4v) is 2.18. The minimum absolute atomic E-state index is 0.0269. The normalized spacial score (nSPS) is 13.5. The van der Waals surface area contributed by atoms with Crippen molar-refractivity contribution in [1.82, 2.24) is 25.6 Å². The summed E-state index contributed by atoms with van der Waals surface area (Å²) in [7, 11) is 1.75. The maximum atomic E-state index is 5.72. The highest BCUT2D eigenvalue weighted by Gasteiger charge is 2.31. The second-order valence-corrected chi connectivity index (χ2v) is 5.21. The highest BCUT2D eigenvalue weighted by molar-refractivity contribution is 5.26. The van der Waals surface area contributed by atoms with Gasteiger partial charge in [-0.1, -0.05) is 44.2 Å². The summed E-state index contributed by atoms with van der Waals surface area (Å²) in [5.41, 5.74) is 3.98. The number of nitrogens with two attached hydrogens (primary N) is 1. The van der Waals surface area contributed by atoms with Gasteiger partial charge in [-0.2, -0.15) is 4.80 Å². The molecule has 6 heteroatoms. The molecule has 1 aromatic heterocycles. The molecule has 0 saturated carbocycles. The molecule has 0 aliphatic carbocycles. The van der Waals surface area contributed by atoms with Crippen LogP contribution in [0.3, 0.4) is 0 Å². The lowest BCUT2D eigenvalue weighted by Crippen LogP contribution is -2.49. The van der Waals surface area contributed by atoms with Gasteiger partial charge in [-0.25, -0.2) is 0 Å². The lowest BCUT2D eigenvalue weighted by Gasteiger charge is -2.33. The molecule has 0 saturated heterocycles. The second kappa shape index (κ2) is 5.46. The minimum Gasteiger partial charge on any atom is -0.271 e. The van der Waals surface area contributed by atoms with Crippen LogP contribution in [0.15, 0.2) is 30.3 Å². The van der Waals surface area contributed by atoms with E-state index in [1.54, 1.807) is 7.05 Å². The summed E-state index contributed by atoms with van der Waals surface area (Å²) in [5.74, 6) is 6.41. The molecule has 0 spiro atoms. The van der Waals surface area contributed by atoms with Crippen LogP contribution in [0, 0.1) is 0 Å². The predicted octanol–water partition coefficient (Wildman–Crippen LogP) is 0.562. The molecule has 1 aromatic carbocycles. The van der Waals surface area contributed by atoms with E-state index < -0.39 is 0 Å². The van der Waals surface area contributed by atoms with Crippen molar-refractivity contribution in [3.63, 3.8) is 0 Å². The smallest absolute Gasteiger partial charge is 0.176 e. The first kappa shape index (κ1) is 13.6.